The second kappa shape index (κ2) is 8.17. The van der Waals surface area contributed by atoms with E-state index in [9.17, 15) is 5.26 Å². The van der Waals surface area contributed by atoms with Gasteiger partial charge in [0.25, 0.3) is 0 Å². The normalized spacial score (nSPS) is 17.2. The van der Waals surface area contributed by atoms with E-state index in [1.54, 1.807) is 6.20 Å². The minimum Gasteiger partial charge on any atom is -0.477 e. The van der Waals surface area contributed by atoms with Crippen molar-refractivity contribution in [3.8, 4) is 11.9 Å². The number of aromatic nitrogens is 3. The number of aryl methyl sites for hydroxylation is 1. The molecule has 2 aromatic rings. The second-order valence-corrected chi connectivity index (χ2v) is 6.86. The van der Waals surface area contributed by atoms with Crippen molar-refractivity contribution in [2.24, 2.45) is 5.92 Å². The van der Waals surface area contributed by atoms with Crippen molar-refractivity contribution in [3.63, 3.8) is 0 Å². The van der Waals surface area contributed by atoms with Gasteiger partial charge in [-0.2, -0.15) is 5.26 Å². The molecule has 1 aliphatic rings. The maximum Gasteiger partial charge on any atom is 0.213 e. The summed E-state index contributed by atoms with van der Waals surface area (Å²) in [5.74, 6) is 1.79. The molecule has 3 heterocycles. The number of nitrogens with zero attached hydrogens (tertiary/aromatic N) is 5. The van der Waals surface area contributed by atoms with Crippen LogP contribution in [0.15, 0.2) is 29.6 Å². The Hall–Kier alpha value is -2.33. The minimum atomic E-state index is 0.385. The van der Waals surface area contributed by atoms with Crippen LogP contribution in [0.2, 0.25) is 0 Å². The van der Waals surface area contributed by atoms with Crippen molar-refractivity contribution in [2.45, 2.75) is 24.9 Å². The lowest BCUT2D eigenvalue weighted by atomic mass is 9.98. The van der Waals surface area contributed by atoms with Crippen LogP contribution in [-0.4, -0.2) is 40.9 Å². The molecule has 0 saturated carbocycles. The average Bonchev–Trinajstić information content (AvgIpc) is 2.66. The van der Waals surface area contributed by atoms with Crippen LogP contribution < -0.4 is 9.64 Å². The van der Waals surface area contributed by atoms with Crippen LogP contribution in [0.5, 0.6) is 5.88 Å². The Morgan fingerprint density at radius 2 is 2.28 bits per heavy atom. The molecule has 0 amide bonds. The van der Waals surface area contributed by atoms with Crippen LogP contribution in [0.3, 0.4) is 0 Å². The Balaban J connectivity index is 1.68. The molecule has 0 spiro atoms. The predicted octanol–water partition coefficient (Wildman–Crippen LogP) is 3.07. The van der Waals surface area contributed by atoms with Crippen LogP contribution >= 0.6 is 11.8 Å². The number of rotatable bonds is 5. The number of piperidine rings is 1. The topological polar surface area (TPSA) is 74.9 Å². The zero-order valence-electron chi connectivity index (χ0n) is 14.5. The standard InChI is InChI=1S/C18H21N5OS/c1-13-5-3-7-16(21-13)24-12-14-6-4-8-23(11-14)17-15(9-19)10-20-18(22-17)25-2/h3,5,7,10,14H,4,6,8,11-12H2,1-2H3. The third-order valence-corrected chi connectivity index (χ3v) is 4.76. The number of anilines is 1. The summed E-state index contributed by atoms with van der Waals surface area (Å²) in [5, 5.41) is 10.1. The van der Waals surface area contributed by atoms with Crippen molar-refractivity contribution in [2.75, 3.05) is 30.9 Å². The maximum atomic E-state index is 9.36. The highest BCUT2D eigenvalue weighted by molar-refractivity contribution is 7.98. The van der Waals surface area contributed by atoms with Crippen molar-refractivity contribution in [1.82, 2.24) is 15.0 Å². The molecule has 6 nitrogen and oxygen atoms in total. The fourth-order valence-electron chi connectivity index (χ4n) is 2.97. The molecule has 7 heteroatoms. The molecule has 1 fully saturated rings. The van der Waals surface area contributed by atoms with Crippen LogP contribution in [0.1, 0.15) is 24.1 Å². The third kappa shape index (κ3) is 4.40. The Kier molecular flexibility index (Phi) is 5.71. The first-order valence-corrected chi connectivity index (χ1v) is 9.54. The first-order chi connectivity index (χ1) is 12.2. The van der Waals surface area contributed by atoms with E-state index in [0.717, 1.165) is 37.4 Å². The average molecular weight is 355 g/mol. The highest BCUT2D eigenvalue weighted by atomic mass is 32.2. The van der Waals surface area contributed by atoms with Gasteiger partial charge in [-0.25, -0.2) is 15.0 Å². The molecule has 3 rings (SSSR count). The van der Waals surface area contributed by atoms with E-state index < -0.39 is 0 Å². The van der Waals surface area contributed by atoms with E-state index in [4.69, 9.17) is 4.74 Å². The van der Waals surface area contributed by atoms with Crippen LogP contribution in [0.4, 0.5) is 5.82 Å². The molecule has 0 aliphatic carbocycles. The van der Waals surface area contributed by atoms with Crippen molar-refractivity contribution in [1.29, 1.82) is 5.26 Å². The molecule has 0 bridgehead atoms. The van der Waals surface area contributed by atoms with E-state index in [0.29, 0.717) is 29.1 Å². The van der Waals surface area contributed by atoms with E-state index in [1.165, 1.54) is 11.8 Å². The van der Waals surface area contributed by atoms with Gasteiger partial charge in [-0.3, -0.25) is 0 Å². The molecule has 1 aliphatic heterocycles. The number of ether oxygens (including phenoxy) is 1. The Morgan fingerprint density at radius 3 is 3.04 bits per heavy atom. The minimum absolute atomic E-state index is 0.385. The SMILES string of the molecule is CSc1ncc(C#N)c(N2CCCC(COc3cccc(C)n3)C2)n1. The molecule has 1 unspecified atom stereocenters. The first kappa shape index (κ1) is 17.5. The summed E-state index contributed by atoms with van der Waals surface area (Å²) in [6, 6.07) is 8.00. The van der Waals surface area contributed by atoms with Gasteiger partial charge in [-0.1, -0.05) is 17.8 Å². The molecule has 0 N–H and O–H groups in total. The van der Waals surface area contributed by atoms with E-state index in [2.05, 4.69) is 25.9 Å². The van der Waals surface area contributed by atoms with Gasteiger partial charge < -0.3 is 9.64 Å². The molecular formula is C18H21N5OS. The van der Waals surface area contributed by atoms with Crippen LogP contribution in [0.25, 0.3) is 0 Å². The van der Waals surface area contributed by atoms with Gasteiger partial charge >= 0.3 is 0 Å². The monoisotopic (exact) mass is 355 g/mol. The van der Waals surface area contributed by atoms with Gasteiger partial charge in [0.15, 0.2) is 11.0 Å². The molecule has 0 aromatic carbocycles. The summed E-state index contributed by atoms with van der Waals surface area (Å²) in [4.78, 5) is 15.3. The zero-order valence-corrected chi connectivity index (χ0v) is 15.3. The third-order valence-electron chi connectivity index (χ3n) is 4.20. The van der Waals surface area contributed by atoms with Crippen LogP contribution in [-0.2, 0) is 0 Å². The van der Waals surface area contributed by atoms with E-state index in [-0.39, 0.29) is 0 Å². The van der Waals surface area contributed by atoms with Crippen molar-refractivity contribution >= 4 is 17.6 Å². The second-order valence-electron chi connectivity index (χ2n) is 6.09. The lowest BCUT2D eigenvalue weighted by molar-refractivity contribution is 0.221. The van der Waals surface area contributed by atoms with E-state index in [1.807, 2.05) is 31.4 Å². The summed E-state index contributed by atoms with van der Waals surface area (Å²) >= 11 is 1.48. The van der Waals surface area contributed by atoms with Crippen LogP contribution in [0, 0.1) is 24.2 Å². The Labute approximate surface area is 152 Å². The lowest BCUT2D eigenvalue weighted by Gasteiger charge is -2.33. The maximum absolute atomic E-state index is 9.36. The molecule has 0 radical (unpaired) electrons. The molecule has 25 heavy (non-hydrogen) atoms. The number of pyridine rings is 1. The number of hydrogen-bond donors (Lipinski definition) is 0. The Bertz CT molecular complexity index is 776. The Morgan fingerprint density at radius 1 is 1.40 bits per heavy atom. The van der Waals surface area contributed by atoms with E-state index >= 15 is 0 Å². The lowest BCUT2D eigenvalue weighted by Crippen LogP contribution is -2.38. The number of hydrogen-bond acceptors (Lipinski definition) is 7. The van der Waals surface area contributed by atoms with Crippen molar-refractivity contribution in [3.05, 3.63) is 35.7 Å². The highest BCUT2D eigenvalue weighted by Gasteiger charge is 2.24. The quantitative estimate of drug-likeness (QED) is 0.602. The van der Waals surface area contributed by atoms with Gasteiger partial charge in [-0.05, 0) is 32.1 Å². The predicted molar refractivity (Wildman–Crippen MR) is 97.9 cm³/mol. The molecular weight excluding hydrogens is 334 g/mol. The summed E-state index contributed by atoms with van der Waals surface area (Å²) < 4.78 is 5.87. The van der Waals surface area contributed by atoms with Gasteiger partial charge in [0, 0.05) is 30.8 Å². The molecule has 2 aromatic heterocycles. The molecule has 1 atom stereocenters. The van der Waals surface area contributed by atoms with Crippen molar-refractivity contribution < 1.29 is 4.74 Å². The first-order valence-electron chi connectivity index (χ1n) is 8.32. The zero-order chi connectivity index (χ0) is 17.6. The van der Waals surface area contributed by atoms with Gasteiger partial charge in [-0.15, -0.1) is 0 Å². The fraction of sp³-hybridized carbons (Fsp3) is 0.444. The highest BCUT2D eigenvalue weighted by Crippen LogP contribution is 2.26. The number of nitriles is 1. The van der Waals surface area contributed by atoms with Gasteiger partial charge in [0.1, 0.15) is 11.6 Å². The summed E-state index contributed by atoms with van der Waals surface area (Å²) in [6.45, 7) is 4.30. The molecule has 130 valence electrons. The summed E-state index contributed by atoms with van der Waals surface area (Å²) in [7, 11) is 0. The summed E-state index contributed by atoms with van der Waals surface area (Å²) in [6.07, 6.45) is 5.71. The van der Waals surface area contributed by atoms with Gasteiger partial charge in [0.2, 0.25) is 5.88 Å². The summed E-state index contributed by atoms with van der Waals surface area (Å²) in [5.41, 5.74) is 1.48. The largest absolute Gasteiger partial charge is 0.477 e. The fourth-order valence-corrected chi connectivity index (χ4v) is 3.31. The smallest absolute Gasteiger partial charge is 0.213 e. The number of thioether (sulfide) groups is 1. The van der Waals surface area contributed by atoms with Gasteiger partial charge in [0.05, 0.1) is 12.8 Å². The molecule has 1 saturated heterocycles.